The molecule has 1 aromatic heterocycles. The van der Waals surface area contributed by atoms with Gasteiger partial charge in [-0.2, -0.15) is 0 Å². The number of carbonyl (C=O) groups excluding carboxylic acids is 1. The number of aliphatic hydroxyl groups is 3. The molecule has 3 aromatic rings. The minimum Gasteiger partial charge on any atom is -0.395 e. The largest absolute Gasteiger partial charge is 0.395 e. The van der Waals surface area contributed by atoms with Crippen molar-refractivity contribution in [2.45, 2.75) is 95.3 Å². The van der Waals surface area contributed by atoms with Crippen LogP contribution in [-0.2, 0) is 6.42 Å². The normalized spacial score (nSPS) is 30.8. The lowest BCUT2D eigenvalue weighted by Gasteiger charge is -2.46. The predicted octanol–water partition coefficient (Wildman–Crippen LogP) is 6.63. The lowest BCUT2D eigenvalue weighted by Crippen LogP contribution is -2.53. The maximum absolute atomic E-state index is 14.3. The van der Waals surface area contributed by atoms with Gasteiger partial charge < -0.3 is 15.3 Å². The Kier molecular flexibility index (Phi) is 8.47. The molecule has 4 aliphatic rings. The van der Waals surface area contributed by atoms with E-state index in [9.17, 15) is 20.1 Å². The Bertz CT molecular complexity index is 1450. The molecule has 1 saturated heterocycles. The van der Waals surface area contributed by atoms with Gasteiger partial charge in [-0.05, 0) is 112 Å². The Morgan fingerprint density at radius 2 is 1.93 bits per heavy atom. The molecule has 5 unspecified atom stereocenters. The first-order chi connectivity index (χ1) is 20.2. The van der Waals surface area contributed by atoms with Crippen LogP contribution in [0.3, 0.4) is 0 Å². The van der Waals surface area contributed by atoms with Gasteiger partial charge in [0.25, 0.3) is 0 Å². The second kappa shape index (κ2) is 12.0. The number of allylic oxidation sites excluding steroid dienone is 2. The van der Waals surface area contributed by atoms with Crippen LogP contribution in [0.4, 0.5) is 0 Å². The van der Waals surface area contributed by atoms with Crippen molar-refractivity contribution in [3.05, 3.63) is 81.7 Å². The number of rotatable bonds is 5. The Labute approximate surface area is 253 Å². The summed E-state index contributed by atoms with van der Waals surface area (Å²) in [5, 5.41) is 34.5. The van der Waals surface area contributed by atoms with Crippen molar-refractivity contribution in [1.82, 2.24) is 4.90 Å². The maximum atomic E-state index is 14.3. The van der Waals surface area contributed by atoms with Crippen molar-refractivity contribution in [3.63, 3.8) is 0 Å². The molecule has 2 fully saturated rings. The van der Waals surface area contributed by atoms with Crippen molar-refractivity contribution in [2.75, 3.05) is 19.7 Å². The first-order valence-electron chi connectivity index (χ1n) is 15.8. The summed E-state index contributed by atoms with van der Waals surface area (Å²) in [7, 11) is 0. The summed E-state index contributed by atoms with van der Waals surface area (Å²) in [4.78, 5) is 17.4. The molecule has 2 heterocycles. The second-order valence-corrected chi connectivity index (χ2v) is 14.5. The maximum Gasteiger partial charge on any atom is 0.203 e. The van der Waals surface area contributed by atoms with E-state index in [4.69, 9.17) is 0 Å². The number of hydrogen-bond donors (Lipinski definition) is 3. The molecule has 224 valence electrons. The van der Waals surface area contributed by atoms with Crippen molar-refractivity contribution >= 4 is 27.2 Å². The molecule has 5 nitrogen and oxygen atoms in total. The topological polar surface area (TPSA) is 81.0 Å². The summed E-state index contributed by atoms with van der Waals surface area (Å²) in [6.07, 6.45) is 9.01. The van der Waals surface area contributed by atoms with Crippen LogP contribution < -0.4 is 0 Å². The van der Waals surface area contributed by atoms with E-state index in [0.717, 1.165) is 71.2 Å². The number of thiophene rings is 1. The van der Waals surface area contributed by atoms with Gasteiger partial charge in [0.15, 0.2) is 0 Å². The second-order valence-electron chi connectivity index (χ2n) is 13.4. The molecular weight excluding hydrogens is 542 g/mol. The van der Waals surface area contributed by atoms with Crippen molar-refractivity contribution < 1.29 is 20.1 Å². The molecule has 3 N–H and O–H groups in total. The fraction of sp³-hybridized carbons (Fsp3) is 0.528. The summed E-state index contributed by atoms with van der Waals surface area (Å²) >= 11 is 1.54. The molecule has 1 saturated carbocycles. The molecular formula is C36H45NO4S. The van der Waals surface area contributed by atoms with E-state index < -0.39 is 17.1 Å². The zero-order valence-electron chi connectivity index (χ0n) is 25.0. The van der Waals surface area contributed by atoms with E-state index in [1.54, 1.807) is 0 Å². The van der Waals surface area contributed by atoms with Crippen molar-refractivity contribution in [3.8, 4) is 0 Å². The molecule has 42 heavy (non-hydrogen) atoms. The molecule has 0 amide bonds. The smallest absolute Gasteiger partial charge is 0.203 e. The van der Waals surface area contributed by atoms with Crippen LogP contribution >= 0.6 is 11.3 Å². The van der Waals surface area contributed by atoms with Crippen LogP contribution in [0.5, 0.6) is 0 Å². The standard InChI is InChI=1S/C36H45NO4S/c1-24-7-5-16-35(2)31(15-17-36(35,41)23-37-18-6-9-27(37)22-38)29-14-12-25(19-28(39)13-11-24)20-30(29)34(40)33-21-26-8-3-4-10-32(26)42-33/h3-4,7-8,10,12,14,20-21,27-28,31,38-39,41H,5-6,9,11,13,15-19,22-23H2,1-2H3. The van der Waals surface area contributed by atoms with Gasteiger partial charge in [-0.25, -0.2) is 0 Å². The molecule has 2 aromatic carbocycles. The minimum absolute atomic E-state index is 0.0154. The Morgan fingerprint density at radius 1 is 1.10 bits per heavy atom. The summed E-state index contributed by atoms with van der Waals surface area (Å²) in [6, 6.07) is 16.5. The van der Waals surface area contributed by atoms with E-state index in [-0.39, 0.29) is 24.3 Å². The first-order valence-corrected chi connectivity index (χ1v) is 16.6. The highest BCUT2D eigenvalue weighted by Crippen LogP contribution is 2.59. The molecule has 7 rings (SSSR count). The van der Waals surface area contributed by atoms with E-state index in [0.29, 0.717) is 31.4 Å². The molecule has 0 spiro atoms. The molecule has 0 radical (unpaired) electrons. The van der Waals surface area contributed by atoms with Crippen LogP contribution in [0.25, 0.3) is 10.1 Å². The van der Waals surface area contributed by atoms with Crippen molar-refractivity contribution in [2.24, 2.45) is 5.41 Å². The number of fused-ring (bicyclic) bond motifs is 9. The molecule has 3 aliphatic carbocycles. The average Bonchev–Trinajstić information content (AvgIpc) is 3.68. The Balaban J connectivity index is 1.44. The first kappa shape index (κ1) is 29.7. The van der Waals surface area contributed by atoms with Gasteiger partial charge in [0, 0.05) is 28.3 Å². The number of benzene rings is 2. The van der Waals surface area contributed by atoms with Crippen LogP contribution in [0.15, 0.2) is 60.2 Å². The summed E-state index contributed by atoms with van der Waals surface area (Å²) in [5.41, 5.74) is 2.61. The lowest BCUT2D eigenvalue weighted by molar-refractivity contribution is -0.0875. The van der Waals surface area contributed by atoms with Gasteiger partial charge in [0.05, 0.1) is 23.2 Å². The highest BCUT2D eigenvalue weighted by molar-refractivity contribution is 7.21. The van der Waals surface area contributed by atoms with Crippen LogP contribution in [0.1, 0.15) is 97.5 Å². The Morgan fingerprint density at radius 3 is 2.74 bits per heavy atom. The van der Waals surface area contributed by atoms with E-state index >= 15 is 0 Å². The summed E-state index contributed by atoms with van der Waals surface area (Å²) < 4.78 is 1.10. The third-order valence-electron chi connectivity index (χ3n) is 10.7. The number of carbonyl (C=O) groups is 1. The molecule has 2 bridgehead atoms. The van der Waals surface area contributed by atoms with E-state index in [1.807, 2.05) is 24.3 Å². The SMILES string of the molecule is CC1=CCCC2(C)C(CCC2(O)CN2CCCC2CO)c2ccc(cc2C(=O)c2cc3ccccc3s2)CC(O)CC1. The van der Waals surface area contributed by atoms with Gasteiger partial charge in [-0.1, -0.05) is 48.9 Å². The number of β-amino-alcohol motifs (C(OH)–C–C–N with tert-alkyl or cyclic N) is 1. The van der Waals surface area contributed by atoms with Crippen LogP contribution in [0, 0.1) is 5.41 Å². The zero-order chi connectivity index (χ0) is 29.5. The fourth-order valence-corrected chi connectivity index (χ4v) is 9.09. The summed E-state index contributed by atoms with van der Waals surface area (Å²) in [6.45, 7) is 5.97. The zero-order valence-corrected chi connectivity index (χ0v) is 25.8. The quantitative estimate of drug-likeness (QED) is 0.231. The van der Waals surface area contributed by atoms with Gasteiger partial charge >= 0.3 is 0 Å². The van der Waals surface area contributed by atoms with Crippen molar-refractivity contribution in [1.29, 1.82) is 0 Å². The molecule has 5 atom stereocenters. The molecule has 6 heteroatoms. The van der Waals surface area contributed by atoms with Gasteiger partial charge in [-0.3, -0.25) is 9.69 Å². The fourth-order valence-electron chi connectivity index (χ4n) is 8.07. The minimum atomic E-state index is -0.930. The monoisotopic (exact) mass is 587 g/mol. The van der Waals surface area contributed by atoms with Crippen LogP contribution in [-0.4, -0.2) is 63.4 Å². The number of hydrogen-bond acceptors (Lipinski definition) is 6. The third kappa shape index (κ3) is 5.53. The summed E-state index contributed by atoms with van der Waals surface area (Å²) in [5.74, 6) is 0.0460. The third-order valence-corrected chi connectivity index (χ3v) is 11.9. The number of likely N-dealkylation sites (tertiary alicyclic amines) is 1. The number of ketones is 1. The van der Waals surface area contributed by atoms with Crippen LogP contribution in [0.2, 0.25) is 0 Å². The lowest BCUT2D eigenvalue weighted by atomic mass is 9.64. The highest BCUT2D eigenvalue weighted by Gasteiger charge is 2.57. The van der Waals surface area contributed by atoms with E-state index in [1.165, 1.54) is 16.9 Å². The Hall–Kier alpha value is -2.35. The van der Waals surface area contributed by atoms with Gasteiger partial charge in [0.1, 0.15) is 0 Å². The molecule has 1 aliphatic heterocycles. The van der Waals surface area contributed by atoms with Gasteiger partial charge in [-0.15, -0.1) is 11.3 Å². The van der Waals surface area contributed by atoms with E-state index in [2.05, 4.69) is 49.1 Å². The average molecular weight is 588 g/mol. The highest BCUT2D eigenvalue weighted by atomic mass is 32.1. The number of nitrogens with zero attached hydrogens (tertiary/aromatic N) is 1. The number of aliphatic hydroxyl groups excluding tert-OH is 2. The van der Waals surface area contributed by atoms with Gasteiger partial charge in [0.2, 0.25) is 5.78 Å². The predicted molar refractivity (Wildman–Crippen MR) is 170 cm³/mol.